The van der Waals surface area contributed by atoms with E-state index in [9.17, 15) is 14.4 Å². The number of carbonyl (C=O) groups is 3. The summed E-state index contributed by atoms with van der Waals surface area (Å²) in [6, 6.07) is 6.78. The molecule has 1 unspecified atom stereocenters. The number of benzene rings is 1. The van der Waals surface area contributed by atoms with Crippen LogP contribution in [0.15, 0.2) is 24.3 Å². The lowest BCUT2D eigenvalue weighted by atomic mass is 9.49. The molecule has 0 spiro atoms. The fourth-order valence-corrected chi connectivity index (χ4v) is 5.76. The fraction of sp³-hybridized carbons (Fsp3) is 0.591. The summed E-state index contributed by atoms with van der Waals surface area (Å²) in [5, 5.41) is 2.75. The van der Waals surface area contributed by atoms with Crippen molar-refractivity contribution in [2.45, 2.75) is 58.5 Å². The molecule has 0 radical (unpaired) electrons. The smallest absolute Gasteiger partial charge is 0.312 e. The second kappa shape index (κ2) is 6.77. The van der Waals surface area contributed by atoms with Gasteiger partial charge in [-0.05, 0) is 82.3 Å². The van der Waals surface area contributed by atoms with E-state index >= 15 is 0 Å². The predicted molar refractivity (Wildman–Crippen MR) is 101 cm³/mol. The number of Topliss-reactive ketones (excluding diaryl/α,β-unsaturated/α-hetero) is 1. The Kier molecular flexibility index (Phi) is 4.57. The SMILES string of the molecule is CC(=O)c1cccc(NC(=O)C(C)OC(=O)C23CC4CC(CC(C4)C2)C3)c1. The van der Waals surface area contributed by atoms with E-state index in [2.05, 4.69) is 5.32 Å². The standard InChI is InChI=1S/C22H27NO4/c1-13(24)18-4-3-5-19(9-18)23-20(25)14(2)27-21(26)22-10-15-6-16(11-22)8-17(7-15)12-22/h3-5,9,14-17H,6-8,10-12H2,1-2H3,(H,23,25). The molecule has 27 heavy (non-hydrogen) atoms. The molecule has 1 aromatic rings. The van der Waals surface area contributed by atoms with Crippen molar-refractivity contribution in [3.05, 3.63) is 29.8 Å². The number of hydrogen-bond donors (Lipinski definition) is 1. The normalized spacial score (nSPS) is 32.0. The van der Waals surface area contributed by atoms with Gasteiger partial charge < -0.3 is 10.1 Å². The van der Waals surface area contributed by atoms with Crippen LogP contribution in [0.4, 0.5) is 5.69 Å². The molecule has 5 nitrogen and oxygen atoms in total. The van der Waals surface area contributed by atoms with Crippen molar-refractivity contribution in [3.63, 3.8) is 0 Å². The van der Waals surface area contributed by atoms with E-state index in [4.69, 9.17) is 4.74 Å². The maximum atomic E-state index is 13.0. The van der Waals surface area contributed by atoms with Gasteiger partial charge in [-0.25, -0.2) is 0 Å². The van der Waals surface area contributed by atoms with Crippen molar-refractivity contribution < 1.29 is 19.1 Å². The van der Waals surface area contributed by atoms with Crippen LogP contribution in [0.2, 0.25) is 0 Å². The van der Waals surface area contributed by atoms with Gasteiger partial charge in [-0.15, -0.1) is 0 Å². The van der Waals surface area contributed by atoms with E-state index in [0.29, 0.717) is 29.0 Å². The van der Waals surface area contributed by atoms with Gasteiger partial charge in [0.2, 0.25) is 0 Å². The molecule has 0 saturated heterocycles. The third kappa shape index (κ3) is 3.52. The van der Waals surface area contributed by atoms with Crippen LogP contribution < -0.4 is 5.32 Å². The van der Waals surface area contributed by atoms with E-state index in [1.54, 1.807) is 31.2 Å². The third-order valence-corrected chi connectivity index (χ3v) is 6.66. The molecule has 4 bridgehead atoms. The molecular weight excluding hydrogens is 342 g/mol. The monoisotopic (exact) mass is 369 g/mol. The number of ketones is 1. The van der Waals surface area contributed by atoms with Crippen LogP contribution in [-0.2, 0) is 14.3 Å². The number of ether oxygens (including phenoxy) is 1. The van der Waals surface area contributed by atoms with Gasteiger partial charge in [0.05, 0.1) is 5.41 Å². The molecule has 5 heteroatoms. The van der Waals surface area contributed by atoms with Gasteiger partial charge in [0.1, 0.15) is 0 Å². The topological polar surface area (TPSA) is 72.5 Å². The molecular formula is C22H27NO4. The van der Waals surface area contributed by atoms with Crippen LogP contribution in [-0.4, -0.2) is 23.8 Å². The minimum absolute atomic E-state index is 0.0626. The Hall–Kier alpha value is -2.17. The molecule has 144 valence electrons. The Morgan fingerprint density at radius 2 is 1.67 bits per heavy atom. The summed E-state index contributed by atoms with van der Waals surface area (Å²) in [6.45, 7) is 3.10. The molecule has 1 N–H and O–H groups in total. The van der Waals surface area contributed by atoms with Gasteiger partial charge in [-0.1, -0.05) is 12.1 Å². The van der Waals surface area contributed by atoms with Gasteiger partial charge in [0.15, 0.2) is 11.9 Å². The molecule has 4 aliphatic rings. The number of hydrogen-bond acceptors (Lipinski definition) is 4. The Balaban J connectivity index is 1.39. The number of amides is 1. The first kappa shape index (κ1) is 18.2. The summed E-state index contributed by atoms with van der Waals surface area (Å²) in [4.78, 5) is 36.9. The third-order valence-electron chi connectivity index (χ3n) is 6.66. The van der Waals surface area contributed by atoms with Gasteiger partial charge >= 0.3 is 5.97 Å². The van der Waals surface area contributed by atoms with Crippen molar-refractivity contribution in [3.8, 4) is 0 Å². The van der Waals surface area contributed by atoms with Crippen LogP contribution in [0, 0.1) is 23.2 Å². The summed E-state index contributed by atoms with van der Waals surface area (Å²) < 4.78 is 5.63. The van der Waals surface area contributed by atoms with E-state index < -0.39 is 6.10 Å². The molecule has 1 amide bonds. The molecule has 1 atom stereocenters. The van der Waals surface area contributed by atoms with Crippen LogP contribution in [0.5, 0.6) is 0 Å². The number of carbonyl (C=O) groups excluding carboxylic acids is 3. The fourth-order valence-electron chi connectivity index (χ4n) is 5.76. The number of rotatable bonds is 5. The highest BCUT2D eigenvalue weighted by molar-refractivity contribution is 5.98. The highest BCUT2D eigenvalue weighted by Gasteiger charge is 2.55. The molecule has 0 aromatic heterocycles. The lowest BCUT2D eigenvalue weighted by molar-refractivity contribution is -0.177. The van der Waals surface area contributed by atoms with Gasteiger partial charge in [-0.2, -0.15) is 0 Å². The highest BCUT2D eigenvalue weighted by Crippen LogP contribution is 2.60. The Bertz CT molecular complexity index is 749. The Morgan fingerprint density at radius 3 is 2.22 bits per heavy atom. The predicted octanol–water partition coefficient (Wildman–Crippen LogP) is 3.98. The van der Waals surface area contributed by atoms with Crippen LogP contribution in [0.3, 0.4) is 0 Å². The zero-order chi connectivity index (χ0) is 19.2. The first-order valence-electron chi connectivity index (χ1n) is 9.97. The van der Waals surface area contributed by atoms with E-state index in [1.807, 2.05) is 0 Å². The molecule has 4 fully saturated rings. The van der Waals surface area contributed by atoms with Crippen molar-refractivity contribution in [1.29, 1.82) is 0 Å². The van der Waals surface area contributed by atoms with Crippen molar-refractivity contribution >= 4 is 23.3 Å². The first-order valence-corrected chi connectivity index (χ1v) is 9.97. The van der Waals surface area contributed by atoms with Crippen molar-refractivity contribution in [2.24, 2.45) is 23.2 Å². The molecule has 0 heterocycles. The zero-order valence-corrected chi connectivity index (χ0v) is 16.0. The number of esters is 1. The van der Waals surface area contributed by atoms with Crippen LogP contribution >= 0.6 is 0 Å². The minimum atomic E-state index is -0.855. The van der Waals surface area contributed by atoms with Gasteiger partial charge in [-0.3, -0.25) is 14.4 Å². The van der Waals surface area contributed by atoms with Crippen LogP contribution in [0.1, 0.15) is 62.7 Å². The lowest BCUT2D eigenvalue weighted by Gasteiger charge is -2.55. The average molecular weight is 369 g/mol. The summed E-state index contributed by atoms with van der Waals surface area (Å²) in [6.07, 6.45) is 5.69. The number of anilines is 1. The van der Waals surface area contributed by atoms with Gasteiger partial charge in [0.25, 0.3) is 5.91 Å². The second-order valence-corrected chi connectivity index (χ2v) is 8.87. The maximum absolute atomic E-state index is 13.0. The average Bonchev–Trinajstić information content (AvgIpc) is 2.60. The van der Waals surface area contributed by atoms with Crippen molar-refractivity contribution in [2.75, 3.05) is 5.32 Å². The Labute approximate surface area is 159 Å². The molecule has 1 aromatic carbocycles. The molecule has 5 rings (SSSR count). The lowest BCUT2D eigenvalue weighted by Crippen LogP contribution is -2.51. The quantitative estimate of drug-likeness (QED) is 0.629. The second-order valence-electron chi connectivity index (χ2n) is 8.87. The zero-order valence-electron chi connectivity index (χ0n) is 16.0. The van der Waals surface area contributed by atoms with Gasteiger partial charge in [0, 0.05) is 11.3 Å². The number of nitrogens with one attached hydrogen (secondary N) is 1. The maximum Gasteiger partial charge on any atom is 0.312 e. The van der Waals surface area contributed by atoms with E-state index in [-0.39, 0.29) is 23.1 Å². The highest BCUT2D eigenvalue weighted by atomic mass is 16.5. The molecule has 0 aliphatic heterocycles. The van der Waals surface area contributed by atoms with Crippen molar-refractivity contribution in [1.82, 2.24) is 0 Å². The van der Waals surface area contributed by atoms with E-state index in [1.165, 1.54) is 26.2 Å². The summed E-state index contributed by atoms with van der Waals surface area (Å²) in [5.74, 6) is 1.34. The summed E-state index contributed by atoms with van der Waals surface area (Å²) in [5.41, 5.74) is 0.703. The molecule has 4 aliphatic carbocycles. The largest absolute Gasteiger partial charge is 0.452 e. The first-order chi connectivity index (χ1) is 12.8. The summed E-state index contributed by atoms with van der Waals surface area (Å²) >= 11 is 0. The molecule has 4 saturated carbocycles. The Morgan fingerprint density at radius 1 is 1.07 bits per heavy atom. The van der Waals surface area contributed by atoms with E-state index in [0.717, 1.165) is 19.3 Å². The summed E-state index contributed by atoms with van der Waals surface area (Å²) in [7, 11) is 0. The minimum Gasteiger partial charge on any atom is -0.452 e. The van der Waals surface area contributed by atoms with Crippen LogP contribution in [0.25, 0.3) is 0 Å².